The van der Waals surface area contributed by atoms with Crippen LogP contribution < -0.4 is 0 Å². The number of aromatic hydroxyl groups is 1. The van der Waals surface area contributed by atoms with E-state index < -0.39 is 0 Å². The highest BCUT2D eigenvalue weighted by atomic mass is 16.3. The van der Waals surface area contributed by atoms with Crippen molar-refractivity contribution in [2.24, 2.45) is 0 Å². The fourth-order valence-corrected chi connectivity index (χ4v) is 1.46. The molecule has 2 aromatic rings. The number of pyridine rings is 1. The molecule has 0 amide bonds. The second-order valence-electron chi connectivity index (χ2n) is 3.24. The number of phenolic OH excluding ortho intramolecular Hbond substituents is 1. The fourth-order valence-electron chi connectivity index (χ4n) is 1.46. The lowest BCUT2D eigenvalue weighted by molar-refractivity contribution is 0.471. The van der Waals surface area contributed by atoms with Crippen LogP contribution in [0.2, 0.25) is 0 Å². The molecular formula is C12H11NO2. The third-order valence-electron chi connectivity index (χ3n) is 2.19. The molecule has 1 aromatic carbocycles. The number of aromatic nitrogens is 1. The van der Waals surface area contributed by atoms with Crippen LogP contribution in [0.4, 0.5) is 0 Å². The predicted molar refractivity (Wildman–Crippen MR) is 58.9 cm³/mol. The Kier molecular flexibility index (Phi) is 2.54. The highest BCUT2D eigenvalue weighted by Gasteiger charge is 2.01. The summed E-state index contributed by atoms with van der Waals surface area (Å²) in [7, 11) is 0. The van der Waals surface area contributed by atoms with Crippen molar-refractivity contribution in [3.05, 3.63) is 48.4 Å². The summed E-state index contributed by atoms with van der Waals surface area (Å²) in [5.74, 6) is 0.183. The number of aliphatic hydroxyl groups is 1. The van der Waals surface area contributed by atoms with E-state index in [4.69, 9.17) is 5.11 Å². The Morgan fingerprint density at radius 3 is 2.87 bits per heavy atom. The van der Waals surface area contributed by atoms with Crippen molar-refractivity contribution in [1.82, 2.24) is 4.98 Å². The third kappa shape index (κ3) is 1.91. The van der Waals surface area contributed by atoms with Crippen molar-refractivity contribution in [2.75, 3.05) is 0 Å². The summed E-state index contributed by atoms with van der Waals surface area (Å²) in [6, 6.07) is 9.08. The van der Waals surface area contributed by atoms with Crippen LogP contribution in [0.1, 0.15) is 5.69 Å². The minimum absolute atomic E-state index is 0.183. The summed E-state index contributed by atoms with van der Waals surface area (Å²) in [4.78, 5) is 4.30. The van der Waals surface area contributed by atoms with Crippen LogP contribution in [0.15, 0.2) is 42.7 Å². The lowest BCUT2D eigenvalue weighted by Crippen LogP contribution is -1.88. The number of nitrogens with zero attached hydrogens (tertiary/aromatic N) is 1. The van der Waals surface area contributed by atoms with Crippen LogP contribution in [-0.2, 0) is 6.42 Å². The molecule has 1 heterocycles. The van der Waals surface area contributed by atoms with E-state index in [9.17, 15) is 5.11 Å². The van der Waals surface area contributed by atoms with Gasteiger partial charge in [-0.25, -0.2) is 4.98 Å². The van der Waals surface area contributed by atoms with E-state index in [1.54, 1.807) is 18.2 Å². The van der Waals surface area contributed by atoms with Gasteiger partial charge in [0.2, 0.25) is 0 Å². The van der Waals surface area contributed by atoms with Crippen LogP contribution in [0.5, 0.6) is 5.75 Å². The van der Waals surface area contributed by atoms with E-state index in [0.717, 1.165) is 17.3 Å². The van der Waals surface area contributed by atoms with Crippen molar-refractivity contribution >= 4 is 10.9 Å². The zero-order chi connectivity index (χ0) is 10.7. The number of hydrogen-bond donors (Lipinski definition) is 2. The zero-order valence-corrected chi connectivity index (χ0v) is 8.09. The summed E-state index contributed by atoms with van der Waals surface area (Å²) in [6.45, 7) is 0. The van der Waals surface area contributed by atoms with Crippen LogP contribution in [-0.4, -0.2) is 15.2 Å². The van der Waals surface area contributed by atoms with Gasteiger partial charge in [0, 0.05) is 17.5 Å². The van der Waals surface area contributed by atoms with Gasteiger partial charge in [-0.2, -0.15) is 0 Å². The molecular weight excluding hydrogens is 190 g/mol. The molecule has 0 spiro atoms. The van der Waals surface area contributed by atoms with Crippen molar-refractivity contribution in [3.8, 4) is 5.75 Å². The average Bonchev–Trinajstić information content (AvgIpc) is 2.27. The van der Waals surface area contributed by atoms with Crippen molar-refractivity contribution in [1.29, 1.82) is 0 Å². The van der Waals surface area contributed by atoms with Gasteiger partial charge in [0.25, 0.3) is 0 Å². The molecule has 15 heavy (non-hydrogen) atoms. The van der Waals surface area contributed by atoms with Crippen molar-refractivity contribution < 1.29 is 10.2 Å². The SMILES string of the molecule is OC=CCc1ccc2cccc(O)c2n1. The Bertz CT molecular complexity index is 506. The second-order valence-corrected chi connectivity index (χ2v) is 3.24. The van der Waals surface area contributed by atoms with Crippen LogP contribution in [0.3, 0.4) is 0 Å². The molecule has 3 heteroatoms. The van der Waals surface area contributed by atoms with E-state index in [-0.39, 0.29) is 5.75 Å². The smallest absolute Gasteiger partial charge is 0.141 e. The molecule has 0 aliphatic heterocycles. The first-order chi connectivity index (χ1) is 7.31. The largest absolute Gasteiger partial charge is 0.516 e. The Balaban J connectivity index is 2.49. The molecule has 76 valence electrons. The number of phenols is 1. The maximum absolute atomic E-state index is 9.59. The molecule has 0 saturated heterocycles. The maximum atomic E-state index is 9.59. The molecule has 2 rings (SSSR count). The molecule has 3 nitrogen and oxygen atoms in total. The number of hydrogen-bond acceptors (Lipinski definition) is 3. The molecule has 0 aliphatic rings. The van der Waals surface area contributed by atoms with Gasteiger partial charge in [-0.3, -0.25) is 0 Å². The topological polar surface area (TPSA) is 53.4 Å². The first-order valence-corrected chi connectivity index (χ1v) is 4.68. The Hall–Kier alpha value is -2.03. The Morgan fingerprint density at radius 1 is 1.20 bits per heavy atom. The molecule has 0 aliphatic carbocycles. The standard InChI is InChI=1S/C12H11NO2/c14-8-2-4-10-7-6-9-3-1-5-11(15)12(9)13-10/h1-3,5-8,14-15H,4H2. The highest BCUT2D eigenvalue weighted by molar-refractivity contribution is 5.84. The summed E-state index contributed by atoms with van der Waals surface area (Å²) in [6.07, 6.45) is 3.16. The van der Waals surface area contributed by atoms with E-state index in [1.807, 2.05) is 18.2 Å². The maximum Gasteiger partial charge on any atom is 0.141 e. The Morgan fingerprint density at radius 2 is 2.07 bits per heavy atom. The lowest BCUT2D eigenvalue weighted by atomic mass is 10.1. The van der Waals surface area contributed by atoms with E-state index >= 15 is 0 Å². The monoisotopic (exact) mass is 201 g/mol. The van der Waals surface area contributed by atoms with Gasteiger partial charge in [0.1, 0.15) is 11.3 Å². The molecule has 0 unspecified atom stereocenters. The van der Waals surface area contributed by atoms with Gasteiger partial charge in [-0.05, 0) is 18.2 Å². The lowest BCUT2D eigenvalue weighted by Gasteiger charge is -2.02. The normalized spacial score (nSPS) is 11.2. The predicted octanol–water partition coefficient (Wildman–Crippen LogP) is 2.55. The fraction of sp³-hybridized carbons (Fsp3) is 0.0833. The Labute approximate surface area is 87.3 Å². The van der Waals surface area contributed by atoms with Gasteiger partial charge in [0.15, 0.2) is 0 Å². The number of rotatable bonds is 2. The second kappa shape index (κ2) is 4.00. The molecule has 2 N–H and O–H groups in total. The van der Waals surface area contributed by atoms with Gasteiger partial charge in [-0.1, -0.05) is 18.2 Å². The summed E-state index contributed by atoms with van der Waals surface area (Å²) in [5, 5.41) is 19.0. The first-order valence-electron chi connectivity index (χ1n) is 4.68. The zero-order valence-electron chi connectivity index (χ0n) is 8.09. The highest BCUT2D eigenvalue weighted by Crippen LogP contribution is 2.22. The summed E-state index contributed by atoms with van der Waals surface area (Å²) < 4.78 is 0. The number of aliphatic hydroxyl groups excluding tert-OH is 1. The summed E-state index contributed by atoms with van der Waals surface area (Å²) >= 11 is 0. The molecule has 0 saturated carbocycles. The molecule has 0 fully saturated rings. The third-order valence-corrected chi connectivity index (χ3v) is 2.19. The van der Waals surface area contributed by atoms with E-state index in [0.29, 0.717) is 11.9 Å². The number of allylic oxidation sites excluding steroid dienone is 1. The number of fused-ring (bicyclic) bond motifs is 1. The molecule has 0 radical (unpaired) electrons. The van der Waals surface area contributed by atoms with Gasteiger partial charge >= 0.3 is 0 Å². The summed E-state index contributed by atoms with van der Waals surface area (Å²) in [5.41, 5.74) is 1.41. The average molecular weight is 201 g/mol. The van der Waals surface area contributed by atoms with Crippen LogP contribution in [0.25, 0.3) is 10.9 Å². The van der Waals surface area contributed by atoms with Crippen LogP contribution in [0, 0.1) is 0 Å². The molecule has 1 aromatic heterocycles. The van der Waals surface area contributed by atoms with Gasteiger partial charge < -0.3 is 10.2 Å². The van der Waals surface area contributed by atoms with E-state index in [2.05, 4.69) is 4.98 Å². The first kappa shape index (κ1) is 9.52. The number of benzene rings is 1. The van der Waals surface area contributed by atoms with Crippen LogP contribution >= 0.6 is 0 Å². The minimum Gasteiger partial charge on any atom is -0.516 e. The van der Waals surface area contributed by atoms with Gasteiger partial charge in [0.05, 0.1) is 6.26 Å². The van der Waals surface area contributed by atoms with Gasteiger partial charge in [-0.15, -0.1) is 0 Å². The quantitative estimate of drug-likeness (QED) is 0.734. The molecule has 0 atom stereocenters. The molecule has 0 bridgehead atoms. The number of para-hydroxylation sites is 1. The van der Waals surface area contributed by atoms with Crippen molar-refractivity contribution in [3.63, 3.8) is 0 Å². The van der Waals surface area contributed by atoms with E-state index in [1.165, 1.54) is 0 Å². The minimum atomic E-state index is 0.183. The van der Waals surface area contributed by atoms with Crippen molar-refractivity contribution in [2.45, 2.75) is 6.42 Å².